The van der Waals surface area contributed by atoms with E-state index in [0.717, 1.165) is 42.5 Å². The molecule has 2 atom stereocenters. The molecule has 1 spiro atoms. The van der Waals surface area contributed by atoms with Crippen LogP contribution in [0.25, 0.3) is 0 Å². The van der Waals surface area contributed by atoms with E-state index in [1.54, 1.807) is 4.90 Å². The Kier molecular flexibility index (Phi) is 3.82. The Morgan fingerprint density at radius 2 is 1.65 bits per heavy atom. The zero-order valence-electron chi connectivity index (χ0n) is 14.4. The Hall–Kier alpha value is -1.88. The Morgan fingerprint density at radius 1 is 1.00 bits per heavy atom. The van der Waals surface area contributed by atoms with Crippen LogP contribution < -0.4 is 4.90 Å². The summed E-state index contributed by atoms with van der Waals surface area (Å²) < 4.78 is 12.6. The van der Waals surface area contributed by atoms with Crippen molar-refractivity contribution in [3.63, 3.8) is 0 Å². The Bertz CT molecular complexity index is 854. The first-order valence-corrected chi connectivity index (χ1v) is 9.57. The average molecular weight is 370 g/mol. The number of benzene rings is 2. The minimum atomic E-state index is -1.29. The third kappa shape index (κ3) is 2.33. The molecule has 2 aromatic rings. The van der Waals surface area contributed by atoms with E-state index < -0.39 is 5.79 Å². The van der Waals surface area contributed by atoms with Gasteiger partial charge in [-0.05, 0) is 30.5 Å². The first kappa shape index (κ1) is 16.3. The fraction of sp³-hybridized carbons (Fsp3) is 0.381. The van der Waals surface area contributed by atoms with Gasteiger partial charge in [-0.3, -0.25) is 4.79 Å². The van der Waals surface area contributed by atoms with Crippen LogP contribution in [0.5, 0.6) is 0 Å². The molecule has 0 unspecified atom stereocenters. The van der Waals surface area contributed by atoms with Crippen molar-refractivity contribution in [2.75, 3.05) is 4.90 Å². The van der Waals surface area contributed by atoms with Crippen molar-refractivity contribution in [3.8, 4) is 0 Å². The fourth-order valence-corrected chi connectivity index (χ4v) is 4.55. The van der Waals surface area contributed by atoms with E-state index in [0.29, 0.717) is 11.6 Å². The number of hydrogen-bond donors (Lipinski definition) is 0. The first-order valence-electron chi connectivity index (χ1n) is 9.19. The van der Waals surface area contributed by atoms with Crippen LogP contribution in [-0.4, -0.2) is 18.1 Å². The van der Waals surface area contributed by atoms with Gasteiger partial charge in [-0.1, -0.05) is 60.8 Å². The number of nitrogens with zero attached hydrogens (tertiary/aromatic N) is 1. The van der Waals surface area contributed by atoms with Gasteiger partial charge >= 0.3 is 0 Å². The van der Waals surface area contributed by atoms with Crippen LogP contribution >= 0.6 is 11.6 Å². The van der Waals surface area contributed by atoms with E-state index in [2.05, 4.69) is 0 Å². The van der Waals surface area contributed by atoms with Crippen LogP contribution in [-0.2, 0) is 26.6 Å². The van der Waals surface area contributed by atoms with Gasteiger partial charge in [-0.25, -0.2) is 0 Å². The molecule has 2 aliphatic heterocycles. The molecule has 1 aliphatic carbocycles. The van der Waals surface area contributed by atoms with Gasteiger partial charge in [0.1, 0.15) is 0 Å². The highest BCUT2D eigenvalue weighted by Crippen LogP contribution is 2.51. The lowest BCUT2D eigenvalue weighted by molar-refractivity contribution is -0.190. The second kappa shape index (κ2) is 6.08. The highest BCUT2D eigenvalue weighted by molar-refractivity contribution is 6.31. The van der Waals surface area contributed by atoms with E-state index in [1.165, 1.54) is 0 Å². The number of halogens is 1. The summed E-state index contributed by atoms with van der Waals surface area (Å²) in [6.07, 6.45) is 4.15. The van der Waals surface area contributed by atoms with Crippen molar-refractivity contribution < 1.29 is 14.3 Å². The second-order valence-electron chi connectivity index (χ2n) is 7.21. The van der Waals surface area contributed by atoms with E-state index in [9.17, 15) is 4.79 Å². The van der Waals surface area contributed by atoms with Crippen molar-refractivity contribution in [1.29, 1.82) is 0 Å². The molecule has 1 saturated heterocycles. The number of amides is 1. The van der Waals surface area contributed by atoms with E-state index >= 15 is 0 Å². The lowest BCUT2D eigenvalue weighted by Gasteiger charge is -2.23. The largest absolute Gasteiger partial charge is 0.332 e. The average Bonchev–Trinajstić information content (AvgIpc) is 3.16. The number of carbonyl (C=O) groups is 1. The standard InChI is InChI=1S/C21H20ClNO3/c22-16-9-3-1-7-14(16)13-23-17-10-4-2-8-15(17)21(20(23)24)25-18-11-5-6-12-19(18)26-21/h1-4,7-10,18-19H,5-6,11-13H2/t18-,19-/m0/s1. The molecule has 0 N–H and O–H groups in total. The number of ether oxygens (including phenoxy) is 2. The monoisotopic (exact) mass is 369 g/mol. The van der Waals surface area contributed by atoms with Crippen LogP contribution in [0, 0.1) is 0 Å². The maximum absolute atomic E-state index is 13.5. The SMILES string of the molecule is O=C1N(Cc2ccccc2Cl)c2ccccc2C12O[C@H]1CCCC[C@@H]1O2. The number of rotatable bonds is 2. The molecule has 0 aromatic heterocycles. The Balaban J connectivity index is 1.55. The predicted octanol–water partition coefficient (Wildman–Crippen LogP) is 4.40. The van der Waals surface area contributed by atoms with Crippen molar-refractivity contribution in [2.24, 2.45) is 0 Å². The topological polar surface area (TPSA) is 38.8 Å². The maximum atomic E-state index is 13.5. The number of para-hydroxylation sites is 1. The summed E-state index contributed by atoms with van der Waals surface area (Å²) in [4.78, 5) is 15.2. The molecule has 2 fully saturated rings. The Morgan fingerprint density at radius 3 is 2.38 bits per heavy atom. The van der Waals surface area contributed by atoms with Gasteiger partial charge in [0, 0.05) is 10.6 Å². The van der Waals surface area contributed by atoms with Crippen LogP contribution in [0.15, 0.2) is 48.5 Å². The predicted molar refractivity (Wildman–Crippen MR) is 99.0 cm³/mol. The van der Waals surface area contributed by atoms with Gasteiger partial charge in [0.25, 0.3) is 11.7 Å². The summed E-state index contributed by atoms with van der Waals surface area (Å²) >= 11 is 6.33. The number of carbonyl (C=O) groups excluding carboxylic acids is 1. The zero-order valence-corrected chi connectivity index (χ0v) is 15.1. The molecule has 26 heavy (non-hydrogen) atoms. The van der Waals surface area contributed by atoms with Gasteiger partial charge in [0.15, 0.2) is 0 Å². The molecule has 1 amide bonds. The van der Waals surface area contributed by atoms with Crippen molar-refractivity contribution in [2.45, 2.75) is 50.2 Å². The quantitative estimate of drug-likeness (QED) is 0.787. The molecule has 2 heterocycles. The molecule has 1 saturated carbocycles. The first-order chi connectivity index (χ1) is 12.7. The van der Waals surface area contributed by atoms with Gasteiger partial charge in [0.2, 0.25) is 0 Å². The minimum Gasteiger partial charge on any atom is -0.332 e. The molecule has 5 rings (SSSR count). The lowest BCUT2D eigenvalue weighted by atomic mass is 9.95. The molecule has 4 nitrogen and oxygen atoms in total. The van der Waals surface area contributed by atoms with Gasteiger partial charge in [-0.2, -0.15) is 0 Å². The van der Waals surface area contributed by atoms with Crippen LogP contribution in [0.1, 0.15) is 36.8 Å². The summed E-state index contributed by atoms with van der Waals surface area (Å²) in [5.41, 5.74) is 2.56. The number of fused-ring (bicyclic) bond motifs is 3. The maximum Gasteiger partial charge on any atom is 0.292 e. The third-order valence-corrected chi connectivity index (χ3v) is 6.01. The molecule has 3 aliphatic rings. The van der Waals surface area contributed by atoms with E-state index in [4.69, 9.17) is 21.1 Å². The Labute approximate surface area is 157 Å². The lowest BCUT2D eigenvalue weighted by Crippen LogP contribution is -2.41. The highest BCUT2D eigenvalue weighted by atomic mass is 35.5. The molecule has 134 valence electrons. The summed E-state index contributed by atoms with van der Waals surface area (Å²) in [5.74, 6) is -1.44. The second-order valence-corrected chi connectivity index (χ2v) is 7.62. The summed E-state index contributed by atoms with van der Waals surface area (Å²) in [6.45, 7) is 0.402. The zero-order chi connectivity index (χ0) is 17.7. The third-order valence-electron chi connectivity index (χ3n) is 5.64. The smallest absolute Gasteiger partial charge is 0.292 e. The van der Waals surface area contributed by atoms with Crippen molar-refractivity contribution in [3.05, 3.63) is 64.7 Å². The van der Waals surface area contributed by atoms with Crippen molar-refractivity contribution in [1.82, 2.24) is 0 Å². The normalized spacial score (nSPS) is 26.2. The summed E-state index contributed by atoms with van der Waals surface area (Å²) in [7, 11) is 0. The number of anilines is 1. The van der Waals surface area contributed by atoms with Crippen LogP contribution in [0.3, 0.4) is 0 Å². The van der Waals surface area contributed by atoms with Gasteiger partial charge in [-0.15, -0.1) is 0 Å². The highest BCUT2D eigenvalue weighted by Gasteiger charge is 2.61. The molecule has 0 radical (unpaired) electrons. The van der Waals surface area contributed by atoms with Gasteiger partial charge < -0.3 is 14.4 Å². The number of hydrogen-bond acceptors (Lipinski definition) is 3. The summed E-state index contributed by atoms with van der Waals surface area (Å²) in [6, 6.07) is 15.4. The minimum absolute atomic E-state index is 0.000944. The fourth-order valence-electron chi connectivity index (χ4n) is 4.36. The molecular formula is C21H20ClNO3. The van der Waals surface area contributed by atoms with Gasteiger partial charge in [0.05, 0.1) is 24.4 Å². The van der Waals surface area contributed by atoms with Crippen LogP contribution in [0.4, 0.5) is 5.69 Å². The van der Waals surface area contributed by atoms with E-state index in [-0.39, 0.29) is 18.1 Å². The van der Waals surface area contributed by atoms with E-state index in [1.807, 2.05) is 48.5 Å². The molecular weight excluding hydrogens is 350 g/mol. The summed E-state index contributed by atoms with van der Waals surface area (Å²) in [5, 5.41) is 0.653. The molecule has 2 aromatic carbocycles. The molecule has 5 heteroatoms. The van der Waals surface area contributed by atoms with Crippen molar-refractivity contribution >= 4 is 23.2 Å². The van der Waals surface area contributed by atoms with Crippen LogP contribution in [0.2, 0.25) is 5.02 Å². The molecule has 0 bridgehead atoms.